The maximum absolute atomic E-state index is 6.20. The van der Waals surface area contributed by atoms with Crippen molar-refractivity contribution >= 4 is 15.9 Å². The minimum absolute atomic E-state index is 0.118. The van der Waals surface area contributed by atoms with Gasteiger partial charge in [-0.15, -0.1) is 0 Å². The number of methoxy groups -OCH3 is 1. The molecule has 0 radical (unpaired) electrons. The largest absolute Gasteiger partial charge is 0.497 e. The van der Waals surface area contributed by atoms with E-state index in [0.717, 1.165) is 16.6 Å². The van der Waals surface area contributed by atoms with Gasteiger partial charge in [0.2, 0.25) is 0 Å². The molecule has 0 aromatic heterocycles. The molecule has 0 spiro atoms. The van der Waals surface area contributed by atoms with Gasteiger partial charge >= 0.3 is 0 Å². The minimum Gasteiger partial charge on any atom is -0.497 e. The number of rotatable bonds is 7. The van der Waals surface area contributed by atoms with E-state index in [-0.39, 0.29) is 6.04 Å². The van der Waals surface area contributed by atoms with Gasteiger partial charge in [0.25, 0.3) is 0 Å². The Balaban J connectivity index is 2.53. The predicted molar refractivity (Wildman–Crippen MR) is 76.4 cm³/mol. The van der Waals surface area contributed by atoms with Gasteiger partial charge in [-0.3, -0.25) is 0 Å². The quantitative estimate of drug-likeness (QED) is 0.756. The van der Waals surface area contributed by atoms with E-state index >= 15 is 0 Å². The zero-order valence-corrected chi connectivity index (χ0v) is 12.3. The Morgan fingerprint density at radius 1 is 1.29 bits per heavy atom. The summed E-state index contributed by atoms with van der Waals surface area (Å²) < 4.78 is 6.21. The number of nitrogens with two attached hydrogens (primary N) is 1. The number of benzene rings is 1. The third-order valence-corrected chi connectivity index (χ3v) is 3.66. The lowest BCUT2D eigenvalue weighted by atomic mass is 10.0. The van der Waals surface area contributed by atoms with Gasteiger partial charge in [0.05, 0.1) is 7.11 Å². The lowest BCUT2D eigenvalue weighted by molar-refractivity contribution is 0.414. The molecular formula is C14H22BrNO. The molecule has 17 heavy (non-hydrogen) atoms. The van der Waals surface area contributed by atoms with E-state index in [0.29, 0.717) is 0 Å². The van der Waals surface area contributed by atoms with Crippen LogP contribution in [0.5, 0.6) is 5.75 Å². The second-order valence-corrected chi connectivity index (χ2v) is 5.20. The van der Waals surface area contributed by atoms with Crippen LogP contribution in [-0.2, 0) is 0 Å². The van der Waals surface area contributed by atoms with E-state index < -0.39 is 0 Å². The van der Waals surface area contributed by atoms with E-state index in [4.69, 9.17) is 10.5 Å². The van der Waals surface area contributed by atoms with Crippen LogP contribution in [0, 0.1) is 0 Å². The number of unbranched alkanes of at least 4 members (excludes halogenated alkanes) is 3. The lowest BCUT2D eigenvalue weighted by Crippen LogP contribution is -2.10. The molecule has 0 heterocycles. The maximum atomic E-state index is 6.20. The Bertz CT molecular complexity index is 341. The second kappa shape index (κ2) is 7.72. The molecule has 1 unspecified atom stereocenters. The molecule has 0 aliphatic heterocycles. The van der Waals surface area contributed by atoms with Crippen molar-refractivity contribution in [3.8, 4) is 5.75 Å². The molecule has 0 aliphatic rings. The molecule has 96 valence electrons. The van der Waals surface area contributed by atoms with Gasteiger partial charge in [0.1, 0.15) is 5.75 Å². The molecule has 1 aromatic carbocycles. The number of hydrogen-bond acceptors (Lipinski definition) is 2. The molecule has 0 saturated carbocycles. The van der Waals surface area contributed by atoms with Crippen molar-refractivity contribution < 1.29 is 4.74 Å². The Morgan fingerprint density at radius 2 is 2.06 bits per heavy atom. The molecule has 0 saturated heterocycles. The van der Waals surface area contributed by atoms with Crippen molar-refractivity contribution in [2.45, 2.75) is 45.1 Å². The fourth-order valence-electron chi connectivity index (χ4n) is 1.88. The summed E-state index contributed by atoms with van der Waals surface area (Å²) in [6, 6.07) is 6.10. The highest BCUT2D eigenvalue weighted by molar-refractivity contribution is 9.10. The summed E-state index contributed by atoms with van der Waals surface area (Å²) in [5.41, 5.74) is 7.37. The highest BCUT2D eigenvalue weighted by atomic mass is 79.9. The lowest BCUT2D eigenvalue weighted by Gasteiger charge is -2.14. The van der Waals surface area contributed by atoms with Crippen molar-refractivity contribution in [3.05, 3.63) is 28.2 Å². The first-order valence-corrected chi connectivity index (χ1v) is 7.07. The summed E-state index contributed by atoms with van der Waals surface area (Å²) in [5.74, 6) is 0.860. The molecule has 0 bridgehead atoms. The van der Waals surface area contributed by atoms with E-state index in [1.165, 1.54) is 31.2 Å². The van der Waals surface area contributed by atoms with E-state index in [9.17, 15) is 0 Å². The molecule has 0 aliphatic carbocycles. The number of ether oxygens (including phenoxy) is 1. The van der Waals surface area contributed by atoms with Crippen LogP contribution in [0.4, 0.5) is 0 Å². The van der Waals surface area contributed by atoms with Crippen LogP contribution in [0.25, 0.3) is 0 Å². The summed E-state index contributed by atoms with van der Waals surface area (Å²) in [4.78, 5) is 0. The van der Waals surface area contributed by atoms with Crippen LogP contribution in [0.3, 0.4) is 0 Å². The molecule has 0 fully saturated rings. The molecule has 2 N–H and O–H groups in total. The molecule has 1 aromatic rings. The maximum Gasteiger partial charge on any atom is 0.120 e. The van der Waals surface area contributed by atoms with Gasteiger partial charge in [0, 0.05) is 10.5 Å². The average Bonchev–Trinajstić information content (AvgIpc) is 2.34. The van der Waals surface area contributed by atoms with Crippen LogP contribution >= 0.6 is 15.9 Å². The summed E-state index contributed by atoms with van der Waals surface area (Å²) >= 11 is 3.55. The highest BCUT2D eigenvalue weighted by Gasteiger charge is 2.10. The van der Waals surface area contributed by atoms with Crippen LogP contribution in [0.1, 0.15) is 50.6 Å². The van der Waals surface area contributed by atoms with E-state index in [1.54, 1.807) is 7.11 Å². The SMILES string of the molecule is CCCCCCC(N)c1ccc(OC)cc1Br. The Hall–Kier alpha value is -0.540. The van der Waals surface area contributed by atoms with Gasteiger partial charge in [-0.2, -0.15) is 0 Å². The first kappa shape index (κ1) is 14.5. The molecule has 2 nitrogen and oxygen atoms in total. The molecule has 1 atom stereocenters. The smallest absolute Gasteiger partial charge is 0.120 e. The summed E-state index contributed by atoms with van der Waals surface area (Å²) in [6.07, 6.45) is 6.09. The van der Waals surface area contributed by atoms with Crippen LogP contribution in [-0.4, -0.2) is 7.11 Å². The fourth-order valence-corrected chi connectivity index (χ4v) is 2.53. The van der Waals surface area contributed by atoms with Crippen LogP contribution < -0.4 is 10.5 Å². The van der Waals surface area contributed by atoms with Gasteiger partial charge in [0.15, 0.2) is 0 Å². The Kier molecular flexibility index (Phi) is 6.60. The second-order valence-electron chi connectivity index (χ2n) is 4.34. The third-order valence-electron chi connectivity index (χ3n) is 2.98. The minimum atomic E-state index is 0.118. The third kappa shape index (κ3) is 4.68. The van der Waals surface area contributed by atoms with Gasteiger partial charge in [-0.05, 0) is 24.1 Å². The fraction of sp³-hybridized carbons (Fsp3) is 0.571. The molecule has 3 heteroatoms. The van der Waals surface area contributed by atoms with Crippen LogP contribution in [0.2, 0.25) is 0 Å². The average molecular weight is 300 g/mol. The first-order valence-electron chi connectivity index (χ1n) is 6.28. The summed E-state index contributed by atoms with van der Waals surface area (Å²) in [7, 11) is 1.67. The zero-order valence-electron chi connectivity index (χ0n) is 10.7. The van der Waals surface area contributed by atoms with E-state index in [1.807, 2.05) is 18.2 Å². The molecule has 0 amide bonds. The number of hydrogen-bond donors (Lipinski definition) is 1. The topological polar surface area (TPSA) is 35.2 Å². The standard InChI is InChI=1S/C14H22BrNO/c1-3-4-5-6-7-14(16)12-9-8-11(17-2)10-13(12)15/h8-10,14H,3-7,16H2,1-2H3. The molecule has 1 rings (SSSR count). The summed E-state index contributed by atoms with van der Waals surface area (Å²) in [5, 5.41) is 0. The monoisotopic (exact) mass is 299 g/mol. The molecular weight excluding hydrogens is 278 g/mol. The normalized spacial score (nSPS) is 12.5. The van der Waals surface area contributed by atoms with Gasteiger partial charge < -0.3 is 10.5 Å². The van der Waals surface area contributed by atoms with Crippen molar-refractivity contribution in [2.75, 3.05) is 7.11 Å². The van der Waals surface area contributed by atoms with Crippen molar-refractivity contribution in [2.24, 2.45) is 5.73 Å². The van der Waals surface area contributed by atoms with Crippen LogP contribution in [0.15, 0.2) is 22.7 Å². The first-order chi connectivity index (χ1) is 8.19. The van der Waals surface area contributed by atoms with E-state index in [2.05, 4.69) is 22.9 Å². The zero-order chi connectivity index (χ0) is 12.7. The summed E-state index contributed by atoms with van der Waals surface area (Å²) in [6.45, 7) is 2.22. The Labute approximate surface area is 113 Å². The van der Waals surface area contributed by atoms with Crippen molar-refractivity contribution in [1.29, 1.82) is 0 Å². The highest BCUT2D eigenvalue weighted by Crippen LogP contribution is 2.29. The van der Waals surface area contributed by atoms with Gasteiger partial charge in [-0.25, -0.2) is 0 Å². The van der Waals surface area contributed by atoms with Crippen molar-refractivity contribution in [1.82, 2.24) is 0 Å². The number of halogens is 1. The van der Waals surface area contributed by atoms with Crippen molar-refractivity contribution in [3.63, 3.8) is 0 Å². The Morgan fingerprint density at radius 3 is 2.65 bits per heavy atom. The van der Waals surface area contributed by atoms with Gasteiger partial charge in [-0.1, -0.05) is 54.6 Å². The predicted octanol–water partition coefficient (Wildman–Crippen LogP) is 4.43.